The number of methoxy groups -OCH3 is 2. The topological polar surface area (TPSA) is 84.4 Å². The molecule has 0 aliphatic heterocycles. The zero-order valence-corrected chi connectivity index (χ0v) is 19.8. The standard InChI is InChI=1S/C26H26N4O4/c1-15(14-31-4)30-25-19-12-23(32-5)20(24-16(2)29-34-17(24)3)11-21(19)27-13-22(25)28-26(30)33-18-9-7-6-8-10-18/h6-13,15H,14H2,1-5H3. The summed E-state index contributed by atoms with van der Waals surface area (Å²) in [5, 5.41) is 5.01. The SMILES string of the molecule is COCC(C)n1c(Oc2ccccc2)nc2cnc3cc(-c4c(C)noc4C)c(OC)cc3c21. The molecule has 34 heavy (non-hydrogen) atoms. The minimum Gasteiger partial charge on any atom is -0.496 e. The Labute approximate surface area is 197 Å². The number of aryl methyl sites for hydroxylation is 2. The van der Waals surface area contributed by atoms with Gasteiger partial charge in [-0.1, -0.05) is 23.4 Å². The zero-order chi connectivity index (χ0) is 23.8. The van der Waals surface area contributed by atoms with Crippen LogP contribution in [0.3, 0.4) is 0 Å². The smallest absolute Gasteiger partial charge is 0.303 e. The first-order chi connectivity index (χ1) is 16.5. The normalized spacial score (nSPS) is 12.4. The molecule has 174 valence electrons. The minimum atomic E-state index is -0.0347. The van der Waals surface area contributed by atoms with Gasteiger partial charge in [-0.3, -0.25) is 9.55 Å². The molecule has 8 heteroatoms. The zero-order valence-electron chi connectivity index (χ0n) is 19.8. The second-order valence-corrected chi connectivity index (χ2v) is 8.24. The van der Waals surface area contributed by atoms with Crippen molar-refractivity contribution < 1.29 is 18.7 Å². The second kappa shape index (κ2) is 8.79. The molecule has 0 aliphatic carbocycles. The van der Waals surface area contributed by atoms with Gasteiger partial charge in [0.25, 0.3) is 0 Å². The van der Waals surface area contributed by atoms with E-state index in [1.54, 1.807) is 20.4 Å². The number of aromatic nitrogens is 4. The van der Waals surface area contributed by atoms with Crippen LogP contribution in [-0.2, 0) is 4.74 Å². The maximum atomic E-state index is 6.20. The van der Waals surface area contributed by atoms with Crippen molar-refractivity contribution in [1.29, 1.82) is 0 Å². The summed E-state index contributed by atoms with van der Waals surface area (Å²) in [6.45, 7) is 6.38. The lowest BCUT2D eigenvalue weighted by Gasteiger charge is -2.18. The first kappa shape index (κ1) is 21.9. The van der Waals surface area contributed by atoms with E-state index in [1.807, 2.05) is 56.3 Å². The summed E-state index contributed by atoms with van der Waals surface area (Å²) in [5.41, 5.74) is 5.04. The lowest BCUT2D eigenvalue weighted by Crippen LogP contribution is -2.12. The Balaban J connectivity index is 1.77. The van der Waals surface area contributed by atoms with Crippen molar-refractivity contribution in [2.24, 2.45) is 0 Å². The van der Waals surface area contributed by atoms with Gasteiger partial charge in [0.05, 0.1) is 48.2 Å². The van der Waals surface area contributed by atoms with Crippen LogP contribution < -0.4 is 9.47 Å². The molecule has 0 saturated carbocycles. The van der Waals surface area contributed by atoms with E-state index in [-0.39, 0.29) is 6.04 Å². The molecule has 0 amide bonds. The number of hydrogen-bond acceptors (Lipinski definition) is 7. The van der Waals surface area contributed by atoms with Crippen molar-refractivity contribution in [1.82, 2.24) is 19.7 Å². The van der Waals surface area contributed by atoms with Gasteiger partial charge < -0.3 is 18.7 Å². The largest absolute Gasteiger partial charge is 0.496 e. The lowest BCUT2D eigenvalue weighted by atomic mass is 10.0. The molecular weight excluding hydrogens is 432 g/mol. The minimum absolute atomic E-state index is 0.0347. The molecule has 0 aliphatic rings. The van der Waals surface area contributed by atoms with E-state index in [2.05, 4.69) is 16.6 Å². The van der Waals surface area contributed by atoms with Gasteiger partial charge in [0, 0.05) is 18.1 Å². The molecule has 0 fully saturated rings. The maximum absolute atomic E-state index is 6.20. The van der Waals surface area contributed by atoms with Crippen LogP contribution in [-0.4, -0.2) is 40.5 Å². The summed E-state index contributed by atoms with van der Waals surface area (Å²) in [5.74, 6) is 2.14. The predicted molar refractivity (Wildman–Crippen MR) is 130 cm³/mol. The van der Waals surface area contributed by atoms with Gasteiger partial charge in [-0.05, 0) is 45.0 Å². The molecule has 5 aromatic rings. The number of imidazole rings is 1. The summed E-state index contributed by atoms with van der Waals surface area (Å²) in [7, 11) is 3.34. The molecule has 3 heterocycles. The van der Waals surface area contributed by atoms with E-state index in [0.717, 1.165) is 44.5 Å². The molecule has 3 aromatic heterocycles. The third-order valence-corrected chi connectivity index (χ3v) is 5.91. The van der Waals surface area contributed by atoms with E-state index >= 15 is 0 Å². The fourth-order valence-electron chi connectivity index (χ4n) is 4.40. The van der Waals surface area contributed by atoms with Crippen LogP contribution in [0.1, 0.15) is 24.4 Å². The summed E-state index contributed by atoms with van der Waals surface area (Å²) in [4.78, 5) is 9.49. The summed E-state index contributed by atoms with van der Waals surface area (Å²) >= 11 is 0. The molecule has 1 unspecified atom stereocenters. The monoisotopic (exact) mass is 458 g/mol. The second-order valence-electron chi connectivity index (χ2n) is 8.24. The Bertz CT molecular complexity index is 1450. The van der Waals surface area contributed by atoms with Crippen LogP contribution in [0.15, 0.2) is 53.2 Å². The van der Waals surface area contributed by atoms with E-state index in [1.165, 1.54) is 0 Å². The van der Waals surface area contributed by atoms with E-state index in [4.69, 9.17) is 28.7 Å². The molecule has 5 rings (SSSR count). The van der Waals surface area contributed by atoms with E-state index < -0.39 is 0 Å². The molecule has 0 radical (unpaired) electrons. The number of ether oxygens (including phenoxy) is 3. The van der Waals surface area contributed by atoms with Gasteiger partial charge in [-0.2, -0.15) is 4.98 Å². The number of pyridine rings is 1. The first-order valence-corrected chi connectivity index (χ1v) is 11.1. The van der Waals surface area contributed by atoms with Crippen molar-refractivity contribution in [3.8, 4) is 28.6 Å². The first-order valence-electron chi connectivity index (χ1n) is 11.1. The van der Waals surface area contributed by atoms with Crippen molar-refractivity contribution in [2.45, 2.75) is 26.8 Å². The molecule has 2 aromatic carbocycles. The van der Waals surface area contributed by atoms with Crippen molar-refractivity contribution in [3.05, 3.63) is 60.1 Å². The van der Waals surface area contributed by atoms with Crippen LogP contribution >= 0.6 is 0 Å². The van der Waals surface area contributed by atoms with Crippen LogP contribution in [0.25, 0.3) is 33.1 Å². The highest BCUT2D eigenvalue weighted by Crippen LogP contribution is 2.40. The van der Waals surface area contributed by atoms with Gasteiger partial charge in [-0.25, -0.2) is 0 Å². The van der Waals surface area contributed by atoms with Gasteiger partial charge in [0.1, 0.15) is 22.8 Å². The average Bonchev–Trinajstić information content (AvgIpc) is 3.38. The van der Waals surface area contributed by atoms with Crippen molar-refractivity contribution in [2.75, 3.05) is 20.8 Å². The lowest BCUT2D eigenvalue weighted by molar-refractivity contribution is 0.160. The maximum Gasteiger partial charge on any atom is 0.303 e. The van der Waals surface area contributed by atoms with E-state index in [0.29, 0.717) is 24.1 Å². The third-order valence-electron chi connectivity index (χ3n) is 5.91. The highest BCUT2D eigenvalue weighted by atomic mass is 16.5. The number of hydrogen-bond donors (Lipinski definition) is 0. The average molecular weight is 459 g/mol. The predicted octanol–water partition coefficient (Wildman–Crippen LogP) is 5.86. The Hall–Kier alpha value is -3.91. The van der Waals surface area contributed by atoms with Crippen LogP contribution in [0.5, 0.6) is 17.5 Å². The summed E-state index contributed by atoms with van der Waals surface area (Å²) in [6, 6.07) is 14.1. The highest BCUT2D eigenvalue weighted by Gasteiger charge is 2.23. The Morgan fingerprint density at radius 3 is 2.53 bits per heavy atom. The van der Waals surface area contributed by atoms with Gasteiger partial charge >= 0.3 is 6.01 Å². The third kappa shape index (κ3) is 3.66. The summed E-state index contributed by atoms with van der Waals surface area (Å²) < 4.78 is 24.9. The van der Waals surface area contributed by atoms with Crippen molar-refractivity contribution in [3.63, 3.8) is 0 Å². The van der Waals surface area contributed by atoms with Gasteiger partial charge in [-0.15, -0.1) is 0 Å². The molecule has 0 saturated heterocycles. The molecular formula is C26H26N4O4. The van der Waals surface area contributed by atoms with E-state index in [9.17, 15) is 0 Å². The fourth-order valence-corrected chi connectivity index (χ4v) is 4.40. The summed E-state index contributed by atoms with van der Waals surface area (Å²) in [6.07, 6.45) is 1.77. The molecule has 0 N–H and O–H groups in total. The van der Waals surface area contributed by atoms with Crippen LogP contribution in [0, 0.1) is 13.8 Å². The van der Waals surface area contributed by atoms with Crippen LogP contribution in [0.2, 0.25) is 0 Å². The number of nitrogens with zero attached hydrogens (tertiary/aromatic N) is 4. The number of benzene rings is 2. The molecule has 0 spiro atoms. The van der Waals surface area contributed by atoms with Gasteiger partial charge in [0.15, 0.2) is 0 Å². The number of para-hydroxylation sites is 1. The number of rotatable bonds is 7. The number of fused-ring (bicyclic) bond motifs is 3. The Morgan fingerprint density at radius 1 is 1.06 bits per heavy atom. The Morgan fingerprint density at radius 2 is 1.85 bits per heavy atom. The van der Waals surface area contributed by atoms with Crippen LogP contribution in [0.4, 0.5) is 0 Å². The Kier molecular flexibility index (Phi) is 5.67. The highest BCUT2D eigenvalue weighted by molar-refractivity contribution is 6.05. The quantitative estimate of drug-likeness (QED) is 0.302. The molecule has 8 nitrogen and oxygen atoms in total. The fraction of sp³-hybridized carbons (Fsp3) is 0.269. The van der Waals surface area contributed by atoms with Gasteiger partial charge in [0.2, 0.25) is 0 Å². The van der Waals surface area contributed by atoms with Crippen molar-refractivity contribution >= 4 is 21.9 Å². The molecule has 0 bridgehead atoms. The molecule has 1 atom stereocenters.